The van der Waals surface area contributed by atoms with Gasteiger partial charge in [0, 0.05) is 12.1 Å². The third-order valence-corrected chi connectivity index (χ3v) is 5.85. The van der Waals surface area contributed by atoms with Crippen molar-refractivity contribution < 1.29 is 14.6 Å². The van der Waals surface area contributed by atoms with Crippen molar-refractivity contribution in [2.45, 2.75) is 26.6 Å². The van der Waals surface area contributed by atoms with E-state index in [0.717, 1.165) is 21.3 Å². The van der Waals surface area contributed by atoms with Crippen LogP contribution < -0.4 is 16.0 Å². The second kappa shape index (κ2) is 10.9. The van der Waals surface area contributed by atoms with Crippen molar-refractivity contribution in [1.29, 1.82) is 0 Å². The summed E-state index contributed by atoms with van der Waals surface area (Å²) in [4.78, 5) is 30.9. The van der Waals surface area contributed by atoms with Crippen LogP contribution in [0, 0.1) is 6.92 Å². The van der Waals surface area contributed by atoms with E-state index in [-0.39, 0.29) is 50.1 Å². The van der Waals surface area contributed by atoms with Crippen molar-refractivity contribution in [1.82, 2.24) is 18.7 Å². The first-order valence-electron chi connectivity index (χ1n) is 11.2. The number of halogens is 1. The molecule has 2 heterocycles. The predicted molar refractivity (Wildman–Crippen MR) is 133 cm³/mol. The lowest BCUT2D eigenvalue weighted by Gasteiger charge is -2.12. The molecule has 0 atom stereocenters. The highest BCUT2D eigenvalue weighted by Gasteiger charge is 2.21. The standard InChI is InChI=1S/C25H27ClN4O5/c1-17-4-3-5-19(14-17)16-35-24-27-22-21(30(24)15-18-6-8-20(26)9-7-18)23(32)29(25(33)28(22)2)10-12-34-13-11-31/h3-9,14,31H,10-13,15-16H2,1-2H3. The molecular formula is C25H27ClN4O5. The number of aliphatic hydroxyl groups is 1. The van der Waals surface area contributed by atoms with Crippen LogP contribution >= 0.6 is 11.6 Å². The van der Waals surface area contributed by atoms with Crippen molar-refractivity contribution >= 4 is 22.8 Å². The van der Waals surface area contributed by atoms with E-state index in [1.54, 1.807) is 23.7 Å². The molecule has 2 aromatic heterocycles. The summed E-state index contributed by atoms with van der Waals surface area (Å²) in [5.41, 5.74) is 2.46. The smallest absolute Gasteiger partial charge is 0.332 e. The average molecular weight is 499 g/mol. The maximum absolute atomic E-state index is 13.5. The Morgan fingerprint density at radius 2 is 1.80 bits per heavy atom. The molecule has 1 N–H and O–H groups in total. The second-order valence-corrected chi connectivity index (χ2v) is 8.63. The summed E-state index contributed by atoms with van der Waals surface area (Å²) >= 11 is 6.04. The Balaban J connectivity index is 1.79. The minimum atomic E-state index is -0.503. The Hall–Kier alpha value is -3.40. The molecular weight excluding hydrogens is 472 g/mol. The molecule has 4 rings (SSSR count). The van der Waals surface area contributed by atoms with Crippen LogP contribution in [0.4, 0.5) is 0 Å². The van der Waals surface area contributed by atoms with Gasteiger partial charge in [0.1, 0.15) is 6.61 Å². The molecule has 0 saturated carbocycles. The van der Waals surface area contributed by atoms with Crippen LogP contribution in [0.3, 0.4) is 0 Å². The van der Waals surface area contributed by atoms with Gasteiger partial charge >= 0.3 is 5.69 Å². The summed E-state index contributed by atoms with van der Waals surface area (Å²) < 4.78 is 15.5. The van der Waals surface area contributed by atoms with E-state index in [2.05, 4.69) is 4.98 Å². The molecule has 2 aromatic carbocycles. The number of fused-ring (bicyclic) bond motifs is 1. The molecule has 10 heteroatoms. The normalized spacial score (nSPS) is 11.3. The molecule has 0 saturated heterocycles. The maximum atomic E-state index is 13.5. The number of ether oxygens (including phenoxy) is 2. The first-order chi connectivity index (χ1) is 16.9. The van der Waals surface area contributed by atoms with Gasteiger partial charge in [-0.05, 0) is 30.2 Å². The monoisotopic (exact) mass is 498 g/mol. The van der Waals surface area contributed by atoms with Crippen molar-refractivity contribution in [3.63, 3.8) is 0 Å². The lowest BCUT2D eigenvalue weighted by Crippen LogP contribution is -2.40. The van der Waals surface area contributed by atoms with Gasteiger partial charge in [0.25, 0.3) is 11.6 Å². The third kappa shape index (κ3) is 5.48. The van der Waals surface area contributed by atoms with E-state index in [4.69, 9.17) is 26.2 Å². The van der Waals surface area contributed by atoms with Crippen LogP contribution in [-0.4, -0.2) is 43.6 Å². The lowest BCUT2D eigenvalue weighted by atomic mass is 10.1. The second-order valence-electron chi connectivity index (χ2n) is 8.19. The van der Waals surface area contributed by atoms with Gasteiger partial charge in [-0.2, -0.15) is 4.98 Å². The summed E-state index contributed by atoms with van der Waals surface area (Å²) in [6.07, 6.45) is 0. The number of aryl methyl sites for hydroxylation is 2. The average Bonchev–Trinajstić information content (AvgIpc) is 3.20. The fourth-order valence-corrected chi connectivity index (χ4v) is 3.98. The number of aliphatic hydroxyl groups excluding tert-OH is 1. The minimum absolute atomic E-state index is 0.0487. The summed E-state index contributed by atoms with van der Waals surface area (Å²) in [5.74, 6) is 0. The van der Waals surface area contributed by atoms with Gasteiger partial charge in [-0.25, -0.2) is 4.79 Å². The van der Waals surface area contributed by atoms with Gasteiger partial charge in [-0.15, -0.1) is 0 Å². The van der Waals surface area contributed by atoms with E-state index in [1.165, 1.54) is 4.57 Å². The Morgan fingerprint density at radius 3 is 2.51 bits per heavy atom. The number of imidazole rings is 1. The molecule has 0 aliphatic rings. The molecule has 0 bridgehead atoms. The lowest BCUT2D eigenvalue weighted by molar-refractivity contribution is 0.0858. The van der Waals surface area contributed by atoms with Gasteiger partial charge in [-0.1, -0.05) is 53.6 Å². The quantitative estimate of drug-likeness (QED) is 0.337. The Labute approximate surface area is 206 Å². The van der Waals surface area contributed by atoms with Gasteiger partial charge in [0.15, 0.2) is 11.2 Å². The zero-order valence-electron chi connectivity index (χ0n) is 19.6. The highest BCUT2D eigenvalue weighted by atomic mass is 35.5. The number of benzene rings is 2. The fraction of sp³-hybridized carbons (Fsp3) is 0.320. The molecule has 0 spiro atoms. The van der Waals surface area contributed by atoms with Crippen LogP contribution in [0.25, 0.3) is 11.2 Å². The van der Waals surface area contributed by atoms with E-state index >= 15 is 0 Å². The number of hydrogen-bond acceptors (Lipinski definition) is 6. The van der Waals surface area contributed by atoms with E-state index in [9.17, 15) is 9.59 Å². The van der Waals surface area contributed by atoms with Crippen LogP contribution in [0.5, 0.6) is 6.01 Å². The summed E-state index contributed by atoms with van der Waals surface area (Å²) in [7, 11) is 1.57. The van der Waals surface area contributed by atoms with Crippen molar-refractivity contribution in [3.8, 4) is 6.01 Å². The van der Waals surface area contributed by atoms with Crippen molar-refractivity contribution in [2.75, 3.05) is 19.8 Å². The summed E-state index contributed by atoms with van der Waals surface area (Å²) in [6, 6.07) is 15.4. The zero-order chi connectivity index (χ0) is 24.9. The number of aromatic nitrogens is 4. The van der Waals surface area contributed by atoms with Gasteiger partial charge in [-0.3, -0.25) is 18.5 Å². The molecule has 0 aliphatic carbocycles. The minimum Gasteiger partial charge on any atom is -0.460 e. The molecule has 35 heavy (non-hydrogen) atoms. The Kier molecular flexibility index (Phi) is 7.70. The Bertz CT molecular complexity index is 1440. The molecule has 0 unspecified atom stereocenters. The number of hydrogen-bond donors (Lipinski definition) is 1. The molecule has 4 aromatic rings. The van der Waals surface area contributed by atoms with Crippen molar-refractivity contribution in [3.05, 3.63) is 91.1 Å². The van der Waals surface area contributed by atoms with Gasteiger partial charge in [0.05, 0.1) is 32.9 Å². The largest absolute Gasteiger partial charge is 0.460 e. The maximum Gasteiger partial charge on any atom is 0.332 e. The molecule has 0 amide bonds. The molecule has 0 radical (unpaired) electrons. The first kappa shape index (κ1) is 24.7. The molecule has 9 nitrogen and oxygen atoms in total. The van der Waals surface area contributed by atoms with E-state index in [1.807, 2.05) is 43.3 Å². The first-order valence-corrected chi connectivity index (χ1v) is 11.6. The Morgan fingerprint density at radius 1 is 1.03 bits per heavy atom. The third-order valence-electron chi connectivity index (χ3n) is 5.60. The summed E-state index contributed by atoms with van der Waals surface area (Å²) in [5, 5.41) is 9.51. The zero-order valence-corrected chi connectivity index (χ0v) is 20.4. The SMILES string of the molecule is Cc1cccc(COc2nc3c(c(=O)n(CCOCCO)c(=O)n3C)n2Cc2ccc(Cl)cc2)c1. The van der Waals surface area contributed by atoms with Crippen LogP contribution in [0.2, 0.25) is 5.02 Å². The van der Waals surface area contributed by atoms with Crippen LogP contribution in [-0.2, 0) is 31.5 Å². The van der Waals surface area contributed by atoms with Crippen molar-refractivity contribution in [2.24, 2.45) is 7.05 Å². The van der Waals surface area contributed by atoms with Crippen LogP contribution in [0.1, 0.15) is 16.7 Å². The predicted octanol–water partition coefficient (Wildman–Crippen LogP) is 2.49. The highest BCUT2D eigenvalue weighted by molar-refractivity contribution is 6.30. The van der Waals surface area contributed by atoms with Crippen LogP contribution in [0.15, 0.2) is 58.1 Å². The molecule has 184 valence electrons. The number of rotatable bonds is 10. The summed E-state index contributed by atoms with van der Waals surface area (Å²) in [6.45, 7) is 2.70. The van der Waals surface area contributed by atoms with E-state index < -0.39 is 11.2 Å². The van der Waals surface area contributed by atoms with Gasteiger partial charge in [0.2, 0.25) is 0 Å². The number of nitrogens with zero attached hydrogens (tertiary/aromatic N) is 4. The van der Waals surface area contributed by atoms with Gasteiger partial charge < -0.3 is 14.6 Å². The van der Waals surface area contributed by atoms with E-state index in [0.29, 0.717) is 11.6 Å². The molecule has 0 aliphatic heterocycles. The topological polar surface area (TPSA) is 101 Å². The fourth-order valence-electron chi connectivity index (χ4n) is 3.85. The molecule has 0 fully saturated rings. The highest BCUT2D eigenvalue weighted by Crippen LogP contribution is 2.22.